The number of nitrogens with one attached hydrogen (secondary N) is 1. The Morgan fingerprint density at radius 1 is 1.23 bits per heavy atom. The number of hydrogen-bond acceptors (Lipinski definition) is 6. The van der Waals surface area contributed by atoms with E-state index in [0.717, 1.165) is 29.5 Å². The molecule has 2 heterocycles. The average Bonchev–Trinajstić information content (AvgIpc) is 3.58. The van der Waals surface area contributed by atoms with Crippen molar-refractivity contribution in [3.63, 3.8) is 0 Å². The average molecular weight is 478 g/mol. The molecular formula is C26H31N5O4. The fraction of sp³-hybridized carbons (Fsp3) is 0.385. The van der Waals surface area contributed by atoms with Gasteiger partial charge in [-0.2, -0.15) is 0 Å². The molecule has 0 bridgehead atoms. The Morgan fingerprint density at radius 2 is 2.03 bits per heavy atom. The van der Waals surface area contributed by atoms with Crippen LogP contribution in [0.1, 0.15) is 35.6 Å². The normalized spacial score (nSPS) is 16.0. The first-order valence-corrected chi connectivity index (χ1v) is 11.8. The number of carbonyl (C=O) groups is 2. The summed E-state index contributed by atoms with van der Waals surface area (Å²) in [5.74, 6) is 0.124. The predicted molar refractivity (Wildman–Crippen MR) is 129 cm³/mol. The highest BCUT2D eigenvalue weighted by Crippen LogP contribution is 2.28. The van der Waals surface area contributed by atoms with Gasteiger partial charge in [-0.25, -0.2) is 4.68 Å². The number of nitrogens with zero attached hydrogens (tertiary/aromatic N) is 4. The third-order valence-electron chi connectivity index (χ3n) is 6.10. The van der Waals surface area contributed by atoms with Crippen LogP contribution in [-0.2, 0) is 27.4 Å². The number of aromatic nitrogens is 3. The van der Waals surface area contributed by atoms with Gasteiger partial charge in [0.15, 0.2) is 0 Å². The second-order valence-electron chi connectivity index (χ2n) is 8.63. The molecule has 1 N–H and O–H groups in total. The molecule has 1 saturated heterocycles. The number of aryl methyl sites for hydroxylation is 1. The Hall–Kier alpha value is -3.72. The lowest BCUT2D eigenvalue weighted by Crippen LogP contribution is -2.46. The maximum Gasteiger partial charge on any atom is 0.247 e. The number of benzene rings is 2. The Bertz CT molecular complexity index is 1110. The first-order chi connectivity index (χ1) is 17.0. The number of rotatable bonds is 10. The van der Waals surface area contributed by atoms with Crippen LogP contribution in [0.2, 0.25) is 0 Å². The van der Waals surface area contributed by atoms with Crippen LogP contribution in [0.4, 0.5) is 0 Å². The summed E-state index contributed by atoms with van der Waals surface area (Å²) in [6, 6.07) is 14.3. The van der Waals surface area contributed by atoms with Crippen molar-refractivity contribution in [2.24, 2.45) is 0 Å². The number of carbonyl (C=O) groups excluding carboxylic acids is 2. The highest BCUT2D eigenvalue weighted by Gasteiger charge is 2.33. The molecule has 0 aliphatic carbocycles. The minimum absolute atomic E-state index is 0.00821. The Balaban J connectivity index is 1.68. The number of hydrogen-bond donors (Lipinski definition) is 1. The van der Waals surface area contributed by atoms with Crippen LogP contribution in [0.25, 0.3) is 0 Å². The summed E-state index contributed by atoms with van der Waals surface area (Å²) in [5, 5.41) is 10.8. The van der Waals surface area contributed by atoms with Crippen molar-refractivity contribution in [2.75, 3.05) is 20.3 Å². The molecule has 0 radical (unpaired) electrons. The summed E-state index contributed by atoms with van der Waals surface area (Å²) in [6.45, 7) is 3.23. The predicted octanol–water partition coefficient (Wildman–Crippen LogP) is 2.66. The van der Waals surface area contributed by atoms with Gasteiger partial charge in [0.2, 0.25) is 11.8 Å². The molecule has 9 heteroatoms. The molecular weight excluding hydrogens is 446 g/mol. The van der Waals surface area contributed by atoms with Gasteiger partial charge in [0.25, 0.3) is 0 Å². The van der Waals surface area contributed by atoms with Gasteiger partial charge >= 0.3 is 0 Å². The lowest BCUT2D eigenvalue weighted by Gasteiger charge is -2.32. The summed E-state index contributed by atoms with van der Waals surface area (Å²) >= 11 is 0. The van der Waals surface area contributed by atoms with Crippen LogP contribution in [0.3, 0.4) is 0 Å². The molecule has 0 spiro atoms. The molecule has 1 aliphatic heterocycles. The fourth-order valence-electron chi connectivity index (χ4n) is 4.23. The molecule has 35 heavy (non-hydrogen) atoms. The van der Waals surface area contributed by atoms with E-state index in [1.54, 1.807) is 18.2 Å². The summed E-state index contributed by atoms with van der Waals surface area (Å²) in [5.41, 5.74) is 2.59. The van der Waals surface area contributed by atoms with Crippen molar-refractivity contribution in [2.45, 2.75) is 45.0 Å². The smallest absolute Gasteiger partial charge is 0.247 e. The van der Waals surface area contributed by atoms with Crippen molar-refractivity contribution in [1.82, 2.24) is 25.2 Å². The molecule has 1 aromatic heterocycles. The number of para-hydroxylation sites is 1. The van der Waals surface area contributed by atoms with E-state index in [0.29, 0.717) is 18.9 Å². The molecule has 9 nitrogen and oxygen atoms in total. The first-order valence-electron chi connectivity index (χ1n) is 11.8. The van der Waals surface area contributed by atoms with Crippen LogP contribution < -0.4 is 10.1 Å². The van der Waals surface area contributed by atoms with Gasteiger partial charge in [0.05, 0.1) is 26.0 Å². The first kappa shape index (κ1) is 24.4. The summed E-state index contributed by atoms with van der Waals surface area (Å²) in [6.07, 6.45) is 5.02. The number of ether oxygens (including phenoxy) is 2. The zero-order valence-electron chi connectivity index (χ0n) is 20.1. The maximum absolute atomic E-state index is 13.7. The minimum Gasteiger partial charge on any atom is -0.496 e. The molecule has 2 atom stereocenters. The zero-order valence-corrected chi connectivity index (χ0v) is 20.1. The molecule has 3 aromatic rings. The Labute approximate surface area is 205 Å². The molecule has 1 aliphatic rings. The van der Waals surface area contributed by atoms with Crippen LogP contribution >= 0.6 is 0 Å². The van der Waals surface area contributed by atoms with Crippen molar-refractivity contribution < 1.29 is 19.1 Å². The van der Waals surface area contributed by atoms with Gasteiger partial charge in [-0.3, -0.25) is 9.59 Å². The second kappa shape index (κ2) is 11.6. The van der Waals surface area contributed by atoms with Gasteiger partial charge in [-0.05, 0) is 31.4 Å². The topological polar surface area (TPSA) is 98.6 Å². The molecule has 2 amide bonds. The van der Waals surface area contributed by atoms with Crippen molar-refractivity contribution in [1.29, 1.82) is 0 Å². The third-order valence-corrected chi connectivity index (χ3v) is 6.10. The second-order valence-corrected chi connectivity index (χ2v) is 8.63. The van der Waals surface area contributed by atoms with Crippen LogP contribution in [0.15, 0.2) is 60.9 Å². The lowest BCUT2D eigenvalue weighted by molar-refractivity contribution is -0.142. The highest BCUT2D eigenvalue weighted by molar-refractivity contribution is 5.88. The summed E-state index contributed by atoms with van der Waals surface area (Å²) in [7, 11) is 1.59. The molecule has 4 rings (SSSR count). The van der Waals surface area contributed by atoms with Gasteiger partial charge in [0.1, 0.15) is 18.3 Å². The van der Waals surface area contributed by atoms with E-state index in [1.807, 2.05) is 55.5 Å². The Morgan fingerprint density at radius 3 is 2.71 bits per heavy atom. The van der Waals surface area contributed by atoms with Gasteiger partial charge in [-0.15, -0.1) is 5.10 Å². The van der Waals surface area contributed by atoms with E-state index in [2.05, 4.69) is 15.6 Å². The lowest BCUT2D eigenvalue weighted by atomic mass is 10.0. The van der Waals surface area contributed by atoms with E-state index < -0.39 is 6.04 Å². The van der Waals surface area contributed by atoms with E-state index in [1.165, 1.54) is 10.9 Å². The van der Waals surface area contributed by atoms with Gasteiger partial charge in [-0.1, -0.05) is 53.2 Å². The van der Waals surface area contributed by atoms with E-state index >= 15 is 0 Å². The third kappa shape index (κ3) is 6.24. The monoisotopic (exact) mass is 477 g/mol. The van der Waals surface area contributed by atoms with Crippen LogP contribution in [-0.4, -0.2) is 58.1 Å². The molecule has 0 unspecified atom stereocenters. The SMILES string of the molecule is COc1ccccc1CN(C(=O)Cn1ccnn1)[C@@H](C(=O)NC[C@H]1CCCO1)c1ccc(C)cc1. The van der Waals surface area contributed by atoms with Crippen LogP contribution in [0, 0.1) is 6.92 Å². The van der Waals surface area contributed by atoms with E-state index in [9.17, 15) is 9.59 Å². The zero-order chi connectivity index (χ0) is 24.6. The van der Waals surface area contributed by atoms with E-state index in [4.69, 9.17) is 9.47 Å². The van der Waals surface area contributed by atoms with Crippen LogP contribution in [0.5, 0.6) is 5.75 Å². The van der Waals surface area contributed by atoms with Gasteiger partial charge in [0, 0.05) is 24.9 Å². The number of methoxy groups -OCH3 is 1. The highest BCUT2D eigenvalue weighted by atomic mass is 16.5. The van der Waals surface area contributed by atoms with E-state index in [-0.39, 0.29) is 31.0 Å². The quantitative estimate of drug-likeness (QED) is 0.482. The van der Waals surface area contributed by atoms with Crippen molar-refractivity contribution in [3.8, 4) is 5.75 Å². The molecule has 0 saturated carbocycles. The number of amides is 2. The largest absolute Gasteiger partial charge is 0.496 e. The van der Waals surface area contributed by atoms with Crippen molar-refractivity contribution in [3.05, 3.63) is 77.6 Å². The van der Waals surface area contributed by atoms with Crippen molar-refractivity contribution >= 4 is 11.8 Å². The summed E-state index contributed by atoms with van der Waals surface area (Å²) < 4.78 is 12.7. The minimum atomic E-state index is -0.849. The molecule has 2 aromatic carbocycles. The molecule has 184 valence electrons. The standard InChI is InChI=1S/C26H31N5O4/c1-19-9-11-20(12-10-19)25(26(33)27-16-22-7-5-15-35-22)31(24(32)18-30-14-13-28-29-30)17-21-6-3-4-8-23(21)34-2/h3-4,6,8-14,22,25H,5,7,15-18H2,1-2H3,(H,27,33)/t22-,25-/m1/s1. The van der Waals surface area contributed by atoms with Gasteiger partial charge < -0.3 is 19.7 Å². The maximum atomic E-state index is 13.7. The fourth-order valence-corrected chi connectivity index (χ4v) is 4.23. The summed E-state index contributed by atoms with van der Waals surface area (Å²) in [4.78, 5) is 28.9. The molecule has 1 fully saturated rings. The Kier molecular flexibility index (Phi) is 8.10.